The molecule has 6 heteroatoms. The van der Waals surface area contributed by atoms with Crippen molar-refractivity contribution in [2.24, 2.45) is 0 Å². The first-order chi connectivity index (χ1) is 14.8. The third kappa shape index (κ3) is 3.48. The number of pyridine rings is 1. The summed E-state index contributed by atoms with van der Waals surface area (Å²) in [7, 11) is 0. The molecule has 2 aromatic heterocycles. The van der Waals surface area contributed by atoms with Gasteiger partial charge in [-0.2, -0.15) is 4.98 Å². The van der Waals surface area contributed by atoms with E-state index in [1.807, 2.05) is 77.7 Å². The molecule has 0 saturated carbocycles. The van der Waals surface area contributed by atoms with Gasteiger partial charge in [0.25, 0.3) is 0 Å². The zero-order valence-corrected chi connectivity index (χ0v) is 16.3. The Bertz CT molecular complexity index is 1080. The lowest BCUT2D eigenvalue weighted by molar-refractivity contribution is -0.136. The van der Waals surface area contributed by atoms with Crippen LogP contribution in [0.1, 0.15) is 28.9 Å². The fourth-order valence-electron chi connectivity index (χ4n) is 3.79. The molecule has 0 unspecified atom stereocenters. The van der Waals surface area contributed by atoms with E-state index in [1.165, 1.54) is 0 Å². The zero-order chi connectivity index (χ0) is 20.3. The monoisotopic (exact) mass is 396 g/mol. The van der Waals surface area contributed by atoms with Gasteiger partial charge in [0.2, 0.25) is 17.6 Å². The molecule has 0 atom stereocenters. The number of carbonyl (C=O) groups is 1. The lowest BCUT2D eigenvalue weighted by atomic mass is 9.88. The Balaban J connectivity index is 1.32. The first-order valence-corrected chi connectivity index (χ1v) is 9.92. The van der Waals surface area contributed by atoms with Crippen LogP contribution in [-0.4, -0.2) is 39.0 Å². The predicted octanol–water partition coefficient (Wildman–Crippen LogP) is 3.89. The lowest BCUT2D eigenvalue weighted by Crippen LogP contribution is -2.50. The highest BCUT2D eigenvalue weighted by atomic mass is 16.5. The minimum Gasteiger partial charge on any atom is -0.340 e. The summed E-state index contributed by atoms with van der Waals surface area (Å²) in [5.41, 5.74) is 2.85. The molecule has 0 N–H and O–H groups in total. The molecule has 1 aliphatic rings. The molecule has 1 saturated heterocycles. The maximum atomic E-state index is 13.4. The molecular weight excluding hydrogens is 376 g/mol. The SMILES string of the molecule is O=C(C(c1ccccc1)c1ccccc1)N1CC(c2nc(-c3ccncc3)no2)C1. The normalized spacial score (nSPS) is 14.0. The first-order valence-electron chi connectivity index (χ1n) is 9.92. The third-order valence-corrected chi connectivity index (χ3v) is 5.44. The van der Waals surface area contributed by atoms with Gasteiger partial charge in [-0.3, -0.25) is 9.78 Å². The van der Waals surface area contributed by atoms with Crippen LogP contribution >= 0.6 is 0 Å². The number of carbonyl (C=O) groups excluding carboxylic acids is 1. The van der Waals surface area contributed by atoms with E-state index in [4.69, 9.17) is 4.52 Å². The maximum Gasteiger partial charge on any atom is 0.234 e. The quantitative estimate of drug-likeness (QED) is 0.512. The van der Waals surface area contributed by atoms with Crippen LogP contribution in [0.4, 0.5) is 0 Å². The lowest BCUT2D eigenvalue weighted by Gasteiger charge is -2.39. The molecule has 5 rings (SSSR count). The van der Waals surface area contributed by atoms with E-state index in [0.717, 1.165) is 16.7 Å². The molecule has 2 aromatic carbocycles. The standard InChI is InChI=1S/C24H20N4O2/c29-24(21(17-7-3-1-4-8-17)18-9-5-2-6-10-18)28-15-20(16-28)23-26-22(27-30-23)19-11-13-25-14-12-19/h1-14,20-21H,15-16H2. The number of likely N-dealkylation sites (tertiary alicyclic amines) is 1. The van der Waals surface area contributed by atoms with Gasteiger partial charge in [0, 0.05) is 31.0 Å². The first kappa shape index (κ1) is 18.2. The second kappa shape index (κ2) is 7.91. The van der Waals surface area contributed by atoms with E-state index in [0.29, 0.717) is 24.8 Å². The average molecular weight is 396 g/mol. The van der Waals surface area contributed by atoms with E-state index < -0.39 is 0 Å². The van der Waals surface area contributed by atoms with E-state index in [9.17, 15) is 4.79 Å². The van der Waals surface area contributed by atoms with Crippen LogP contribution in [0.3, 0.4) is 0 Å². The van der Waals surface area contributed by atoms with Gasteiger partial charge in [-0.25, -0.2) is 0 Å². The summed E-state index contributed by atoms with van der Waals surface area (Å²) in [6, 6.07) is 23.5. The Labute approximate surface area is 174 Å². The van der Waals surface area contributed by atoms with Crippen molar-refractivity contribution >= 4 is 5.91 Å². The molecular formula is C24H20N4O2. The van der Waals surface area contributed by atoms with Crippen molar-refractivity contribution in [2.75, 3.05) is 13.1 Å². The van der Waals surface area contributed by atoms with Crippen LogP contribution in [0.25, 0.3) is 11.4 Å². The molecule has 4 aromatic rings. The molecule has 30 heavy (non-hydrogen) atoms. The second-order valence-corrected chi connectivity index (χ2v) is 7.39. The summed E-state index contributed by atoms with van der Waals surface area (Å²) in [6.45, 7) is 1.15. The smallest absolute Gasteiger partial charge is 0.234 e. The van der Waals surface area contributed by atoms with Crippen molar-refractivity contribution in [3.8, 4) is 11.4 Å². The van der Waals surface area contributed by atoms with Crippen LogP contribution < -0.4 is 0 Å². The minimum atomic E-state index is -0.316. The van der Waals surface area contributed by atoms with E-state index in [2.05, 4.69) is 15.1 Å². The average Bonchev–Trinajstić information content (AvgIpc) is 3.25. The van der Waals surface area contributed by atoms with Gasteiger partial charge in [0.05, 0.1) is 11.8 Å². The summed E-state index contributed by atoms with van der Waals surface area (Å²) in [6.07, 6.45) is 3.39. The third-order valence-electron chi connectivity index (χ3n) is 5.44. The van der Waals surface area contributed by atoms with Crippen molar-refractivity contribution in [1.29, 1.82) is 0 Å². The van der Waals surface area contributed by atoms with Gasteiger partial charge in [-0.1, -0.05) is 65.8 Å². The van der Waals surface area contributed by atoms with Gasteiger partial charge in [-0.15, -0.1) is 0 Å². The number of hydrogen-bond acceptors (Lipinski definition) is 5. The molecule has 6 nitrogen and oxygen atoms in total. The zero-order valence-electron chi connectivity index (χ0n) is 16.3. The van der Waals surface area contributed by atoms with Crippen molar-refractivity contribution in [1.82, 2.24) is 20.0 Å². The molecule has 0 bridgehead atoms. The van der Waals surface area contributed by atoms with Crippen LogP contribution in [0.5, 0.6) is 0 Å². The van der Waals surface area contributed by atoms with Gasteiger partial charge < -0.3 is 9.42 Å². The Kier molecular flexibility index (Phi) is 4.81. The number of rotatable bonds is 5. The summed E-state index contributed by atoms with van der Waals surface area (Å²) in [5.74, 6) is 0.954. The van der Waals surface area contributed by atoms with Crippen LogP contribution in [-0.2, 0) is 4.79 Å². The highest BCUT2D eigenvalue weighted by molar-refractivity contribution is 5.88. The summed E-state index contributed by atoms with van der Waals surface area (Å²) in [4.78, 5) is 23.8. The summed E-state index contributed by atoms with van der Waals surface area (Å²) < 4.78 is 5.46. The van der Waals surface area contributed by atoms with Gasteiger partial charge in [-0.05, 0) is 23.3 Å². The summed E-state index contributed by atoms with van der Waals surface area (Å²) >= 11 is 0. The number of nitrogens with zero attached hydrogens (tertiary/aromatic N) is 4. The largest absolute Gasteiger partial charge is 0.340 e. The Hall–Kier alpha value is -3.80. The number of benzene rings is 2. The van der Waals surface area contributed by atoms with Crippen LogP contribution in [0.2, 0.25) is 0 Å². The number of amides is 1. The number of aromatic nitrogens is 3. The Morgan fingerprint density at radius 2 is 1.50 bits per heavy atom. The molecule has 1 aliphatic heterocycles. The highest BCUT2D eigenvalue weighted by Crippen LogP contribution is 2.33. The van der Waals surface area contributed by atoms with Crippen molar-refractivity contribution < 1.29 is 9.32 Å². The molecule has 1 amide bonds. The van der Waals surface area contributed by atoms with Gasteiger partial charge >= 0.3 is 0 Å². The maximum absolute atomic E-state index is 13.4. The molecule has 3 heterocycles. The fraction of sp³-hybridized carbons (Fsp3) is 0.167. The topological polar surface area (TPSA) is 72.1 Å². The Morgan fingerprint density at radius 3 is 2.10 bits per heavy atom. The van der Waals surface area contributed by atoms with E-state index in [1.54, 1.807) is 12.4 Å². The highest BCUT2D eigenvalue weighted by Gasteiger charge is 2.39. The van der Waals surface area contributed by atoms with Gasteiger partial charge in [0.15, 0.2) is 0 Å². The minimum absolute atomic E-state index is 0.0595. The second-order valence-electron chi connectivity index (χ2n) is 7.39. The molecule has 0 radical (unpaired) electrons. The fourth-order valence-corrected chi connectivity index (χ4v) is 3.79. The van der Waals surface area contributed by atoms with E-state index >= 15 is 0 Å². The van der Waals surface area contributed by atoms with Crippen LogP contribution in [0, 0.1) is 0 Å². The van der Waals surface area contributed by atoms with Crippen molar-refractivity contribution in [3.05, 3.63) is 102 Å². The molecule has 1 fully saturated rings. The summed E-state index contributed by atoms with van der Waals surface area (Å²) in [5, 5.41) is 4.07. The Morgan fingerprint density at radius 1 is 0.900 bits per heavy atom. The van der Waals surface area contributed by atoms with Crippen LogP contribution in [0.15, 0.2) is 89.7 Å². The predicted molar refractivity (Wildman–Crippen MR) is 112 cm³/mol. The van der Waals surface area contributed by atoms with Crippen molar-refractivity contribution in [2.45, 2.75) is 11.8 Å². The van der Waals surface area contributed by atoms with E-state index in [-0.39, 0.29) is 17.7 Å². The molecule has 148 valence electrons. The van der Waals surface area contributed by atoms with Crippen molar-refractivity contribution in [3.63, 3.8) is 0 Å². The number of hydrogen-bond donors (Lipinski definition) is 0. The van der Waals surface area contributed by atoms with Gasteiger partial charge in [0.1, 0.15) is 0 Å². The molecule has 0 aliphatic carbocycles. The molecule has 0 spiro atoms.